The van der Waals surface area contributed by atoms with E-state index in [9.17, 15) is 14.7 Å². The minimum atomic E-state index is -1.31. The number of aromatic nitrogens is 1. The van der Waals surface area contributed by atoms with Crippen LogP contribution in [0, 0.1) is 11.2 Å². The maximum absolute atomic E-state index is 15.5. The number of carboxylic acid groups (broad SMARTS) is 1. The van der Waals surface area contributed by atoms with Crippen LogP contribution < -0.4 is 16.5 Å². The monoisotopic (exact) mass is 389 g/mol. The normalized spacial score (nSPS) is 21.8. The van der Waals surface area contributed by atoms with E-state index >= 15 is 4.39 Å². The first kappa shape index (κ1) is 20.5. The van der Waals surface area contributed by atoms with Gasteiger partial charge >= 0.3 is 5.97 Å². The number of nitrogens with zero attached hydrogens (tertiary/aromatic N) is 1. The average Bonchev–Trinajstić information content (AvgIpc) is 2.63. The van der Waals surface area contributed by atoms with Crippen LogP contribution in [0.25, 0.3) is 10.9 Å². The number of fused-ring (bicyclic) bond motifs is 1. The Morgan fingerprint density at radius 3 is 2.61 bits per heavy atom. The number of hydrogen-bond donors (Lipinski definition) is 3. The molecule has 1 aliphatic heterocycles. The molecule has 28 heavy (non-hydrogen) atoms. The Balaban J connectivity index is 2.48. The number of hydrogen-bond acceptors (Lipinski definition) is 4. The standard InChI is InChI=1S/C21H28FN3O3/c1-5-12-16(21(23)7-8-24-11-20(21,3)4)15(22)9-13-17(12)25(6-2)10-14(18(13)26)19(27)28/h9-10,24H,5-8,11,23H2,1-4H3,(H,27,28). The second kappa shape index (κ2) is 6.97. The van der Waals surface area contributed by atoms with E-state index in [1.54, 1.807) is 4.57 Å². The van der Waals surface area contributed by atoms with Gasteiger partial charge in [0.05, 0.1) is 11.1 Å². The van der Waals surface area contributed by atoms with Crippen LogP contribution in [0.4, 0.5) is 4.39 Å². The van der Waals surface area contributed by atoms with Crippen molar-refractivity contribution in [1.29, 1.82) is 0 Å². The molecule has 2 aromatic rings. The number of piperidine rings is 1. The maximum atomic E-state index is 15.5. The molecule has 0 radical (unpaired) electrons. The van der Waals surface area contributed by atoms with Crippen LogP contribution in [-0.2, 0) is 18.5 Å². The van der Waals surface area contributed by atoms with E-state index in [0.717, 1.165) is 0 Å². The van der Waals surface area contributed by atoms with Gasteiger partial charge in [-0.05, 0) is 43.4 Å². The van der Waals surface area contributed by atoms with Gasteiger partial charge in [0.1, 0.15) is 11.4 Å². The predicted octanol–water partition coefficient (Wildman–Crippen LogP) is 2.59. The fourth-order valence-corrected chi connectivity index (χ4v) is 4.49. The molecule has 0 saturated carbocycles. The zero-order chi connectivity index (χ0) is 20.9. The number of halogens is 1. The van der Waals surface area contributed by atoms with E-state index in [1.165, 1.54) is 12.3 Å². The molecule has 1 aromatic carbocycles. The zero-order valence-corrected chi connectivity index (χ0v) is 16.9. The number of aromatic carboxylic acids is 1. The van der Waals surface area contributed by atoms with Gasteiger partial charge in [0.2, 0.25) is 5.43 Å². The molecular formula is C21H28FN3O3. The summed E-state index contributed by atoms with van der Waals surface area (Å²) >= 11 is 0. The van der Waals surface area contributed by atoms with E-state index in [-0.39, 0.29) is 10.9 Å². The third-order valence-electron chi connectivity index (χ3n) is 6.26. The summed E-state index contributed by atoms with van der Waals surface area (Å²) in [5.74, 6) is -1.85. The molecule has 6 nitrogen and oxygen atoms in total. The SMILES string of the molecule is CCc1c(C2(N)CCNCC2(C)C)c(F)cc2c(=O)c(C(=O)O)cn(CC)c12. The van der Waals surface area contributed by atoms with Crippen molar-refractivity contribution in [3.8, 4) is 0 Å². The van der Waals surface area contributed by atoms with Crippen molar-refractivity contribution >= 4 is 16.9 Å². The summed E-state index contributed by atoms with van der Waals surface area (Å²) in [7, 11) is 0. The molecule has 7 heteroatoms. The molecule has 1 unspecified atom stereocenters. The van der Waals surface area contributed by atoms with Gasteiger partial charge < -0.3 is 20.7 Å². The lowest BCUT2D eigenvalue weighted by Gasteiger charge is -2.49. The first-order chi connectivity index (χ1) is 13.1. The summed E-state index contributed by atoms with van der Waals surface area (Å²) in [4.78, 5) is 24.2. The number of nitrogens with two attached hydrogens (primary N) is 1. The number of pyridine rings is 1. The Morgan fingerprint density at radius 1 is 1.39 bits per heavy atom. The Hall–Kier alpha value is -2.25. The molecule has 3 rings (SSSR count). The highest BCUT2D eigenvalue weighted by molar-refractivity contribution is 5.94. The highest BCUT2D eigenvalue weighted by atomic mass is 19.1. The van der Waals surface area contributed by atoms with Crippen LogP contribution >= 0.6 is 0 Å². The van der Waals surface area contributed by atoms with Gasteiger partial charge in [0.25, 0.3) is 0 Å². The van der Waals surface area contributed by atoms with Gasteiger partial charge in [0.15, 0.2) is 0 Å². The van der Waals surface area contributed by atoms with Gasteiger partial charge in [-0.3, -0.25) is 4.79 Å². The number of carboxylic acids is 1. The molecule has 1 saturated heterocycles. The van der Waals surface area contributed by atoms with Gasteiger partial charge in [-0.1, -0.05) is 20.8 Å². The molecular weight excluding hydrogens is 361 g/mol. The first-order valence-electron chi connectivity index (χ1n) is 9.71. The lowest BCUT2D eigenvalue weighted by molar-refractivity contribution is 0.0695. The quantitative estimate of drug-likeness (QED) is 0.747. The number of aryl methyl sites for hydroxylation is 2. The molecule has 1 aromatic heterocycles. The molecule has 0 bridgehead atoms. The summed E-state index contributed by atoms with van der Waals surface area (Å²) in [6, 6.07) is 1.18. The third kappa shape index (κ3) is 2.84. The molecule has 2 heterocycles. The summed E-state index contributed by atoms with van der Waals surface area (Å²) in [6.45, 7) is 9.60. The van der Waals surface area contributed by atoms with E-state index < -0.39 is 28.2 Å². The number of benzene rings is 1. The summed E-state index contributed by atoms with van der Waals surface area (Å²) in [6.07, 6.45) is 2.40. The van der Waals surface area contributed by atoms with E-state index in [2.05, 4.69) is 5.32 Å². The van der Waals surface area contributed by atoms with Crippen molar-refractivity contribution in [2.45, 2.75) is 52.6 Å². The number of carbonyl (C=O) groups is 1. The van der Waals surface area contributed by atoms with Gasteiger partial charge in [-0.25, -0.2) is 9.18 Å². The molecule has 0 aliphatic carbocycles. The van der Waals surface area contributed by atoms with Crippen molar-refractivity contribution in [3.05, 3.63) is 45.0 Å². The summed E-state index contributed by atoms with van der Waals surface area (Å²) in [5, 5.41) is 12.8. The molecule has 4 N–H and O–H groups in total. The Bertz CT molecular complexity index is 1010. The molecule has 1 fully saturated rings. The molecule has 1 aliphatic rings. The van der Waals surface area contributed by atoms with Crippen LogP contribution in [0.15, 0.2) is 17.1 Å². The Morgan fingerprint density at radius 2 is 2.07 bits per heavy atom. The molecule has 1 atom stereocenters. The van der Waals surface area contributed by atoms with E-state index in [0.29, 0.717) is 49.1 Å². The van der Waals surface area contributed by atoms with Gasteiger partial charge in [-0.15, -0.1) is 0 Å². The van der Waals surface area contributed by atoms with Crippen LogP contribution in [0.5, 0.6) is 0 Å². The first-order valence-corrected chi connectivity index (χ1v) is 9.71. The van der Waals surface area contributed by atoms with Crippen molar-refractivity contribution in [1.82, 2.24) is 9.88 Å². The van der Waals surface area contributed by atoms with E-state index in [1.807, 2.05) is 27.7 Å². The molecule has 0 spiro atoms. The van der Waals surface area contributed by atoms with E-state index in [4.69, 9.17) is 5.73 Å². The van der Waals surface area contributed by atoms with Crippen molar-refractivity contribution in [2.75, 3.05) is 13.1 Å². The second-order valence-electron chi connectivity index (χ2n) is 8.21. The second-order valence-corrected chi connectivity index (χ2v) is 8.21. The maximum Gasteiger partial charge on any atom is 0.341 e. The molecule has 0 amide bonds. The molecule has 152 valence electrons. The largest absolute Gasteiger partial charge is 0.477 e. The average molecular weight is 389 g/mol. The van der Waals surface area contributed by atoms with Crippen molar-refractivity contribution in [3.63, 3.8) is 0 Å². The fraction of sp³-hybridized carbons (Fsp3) is 0.524. The van der Waals surface area contributed by atoms with Gasteiger partial charge in [0, 0.05) is 30.2 Å². The van der Waals surface area contributed by atoms with Crippen LogP contribution in [0.3, 0.4) is 0 Å². The minimum absolute atomic E-state index is 0.0928. The lowest BCUT2D eigenvalue weighted by Crippen LogP contribution is -2.60. The fourth-order valence-electron chi connectivity index (χ4n) is 4.49. The van der Waals surface area contributed by atoms with Crippen molar-refractivity contribution in [2.24, 2.45) is 11.1 Å². The number of nitrogens with one attached hydrogen (secondary N) is 1. The smallest absolute Gasteiger partial charge is 0.341 e. The number of rotatable bonds is 4. The third-order valence-corrected chi connectivity index (χ3v) is 6.26. The summed E-state index contributed by atoms with van der Waals surface area (Å²) in [5.41, 5.74) is 6.26. The lowest BCUT2D eigenvalue weighted by atomic mass is 9.63. The Kier molecular flexibility index (Phi) is 5.10. The highest BCUT2D eigenvalue weighted by Gasteiger charge is 2.47. The predicted molar refractivity (Wildman–Crippen MR) is 107 cm³/mol. The van der Waals surface area contributed by atoms with Crippen LogP contribution in [-0.4, -0.2) is 28.7 Å². The highest BCUT2D eigenvalue weighted by Crippen LogP contribution is 2.45. The minimum Gasteiger partial charge on any atom is -0.477 e. The topological polar surface area (TPSA) is 97.3 Å². The summed E-state index contributed by atoms with van der Waals surface area (Å²) < 4.78 is 17.2. The van der Waals surface area contributed by atoms with Gasteiger partial charge in [-0.2, -0.15) is 0 Å². The Labute approximate surface area is 163 Å². The zero-order valence-electron chi connectivity index (χ0n) is 16.9. The van der Waals surface area contributed by atoms with Crippen LogP contribution in [0.2, 0.25) is 0 Å². The van der Waals surface area contributed by atoms with Crippen molar-refractivity contribution < 1.29 is 14.3 Å². The van der Waals surface area contributed by atoms with Crippen LogP contribution in [0.1, 0.15) is 55.6 Å².